The molecule has 0 aliphatic carbocycles. The highest BCUT2D eigenvalue weighted by molar-refractivity contribution is 5.97. The molecule has 0 fully saturated rings. The van der Waals surface area contributed by atoms with Crippen molar-refractivity contribution in [1.82, 2.24) is 0 Å². The van der Waals surface area contributed by atoms with Crippen LogP contribution in [-0.2, 0) is 9.47 Å². The molecule has 0 heterocycles. The van der Waals surface area contributed by atoms with E-state index in [2.05, 4.69) is 34.6 Å². The second-order valence-electron chi connectivity index (χ2n) is 23.7. The van der Waals surface area contributed by atoms with Gasteiger partial charge < -0.3 is 43.6 Å². The second kappa shape index (κ2) is 47.9. The Morgan fingerprint density at radius 2 is 0.674 bits per heavy atom. The third kappa shape index (κ3) is 31.7. The van der Waals surface area contributed by atoms with Crippen molar-refractivity contribution in [2.45, 2.75) is 253 Å². The number of unbranched alkanes of at least 4 members (excludes halogenated alkanes) is 24. The van der Waals surface area contributed by atoms with E-state index in [1.165, 1.54) is 135 Å². The first kappa shape index (κ1) is 73.4. The van der Waals surface area contributed by atoms with E-state index in [9.17, 15) is 9.59 Å². The Balaban J connectivity index is 1.16. The average molecular weight is 1190 g/mol. The number of carbonyl (C=O) groups excluding carboxylic acids is 2. The molecular formula is C75H117NO10. The van der Waals surface area contributed by atoms with Crippen LogP contribution in [0.15, 0.2) is 72.8 Å². The van der Waals surface area contributed by atoms with Crippen molar-refractivity contribution in [3.05, 3.63) is 106 Å². The SMILES string of the molecule is CCCCCCCCCOc1cc(C(=O)CCCOCCOc2ccc(C(N)c3ccc(OCCOCCCC(=O)c4cc(OCCCCCCCCC)c(OCCCCCCCCC)c(OCCCCCCCCC)c4)cc3)cc2)cc(C)c1C. The summed E-state index contributed by atoms with van der Waals surface area (Å²) < 4.78 is 49.4. The van der Waals surface area contributed by atoms with Crippen molar-refractivity contribution in [3.8, 4) is 34.5 Å². The highest BCUT2D eigenvalue weighted by Crippen LogP contribution is 2.40. The standard InChI is InChI=1S/C75H117NO10/c1-7-11-15-19-23-27-31-49-83-71-58-65(57-61(5)62(71)6)69(77)37-35-47-79-53-55-81-67-43-39-63(40-44-67)74(76)64-41-45-68(46-42-64)82-56-54-80-48-36-38-70(78)66-59-72(84-50-32-28-24-20-16-12-8-2)75(86-52-34-30-26-22-18-14-10-4)73(60-66)85-51-33-29-25-21-17-13-9-3/h39-46,57-60,74H,7-38,47-56,76H2,1-6H3. The molecule has 0 saturated heterocycles. The van der Waals surface area contributed by atoms with Crippen molar-refractivity contribution in [1.29, 1.82) is 0 Å². The molecule has 0 bridgehead atoms. The van der Waals surface area contributed by atoms with Crippen LogP contribution in [0.25, 0.3) is 0 Å². The number of ether oxygens (including phenoxy) is 8. The van der Waals surface area contributed by atoms with Gasteiger partial charge in [-0.2, -0.15) is 0 Å². The lowest BCUT2D eigenvalue weighted by Gasteiger charge is -2.19. The van der Waals surface area contributed by atoms with Gasteiger partial charge in [0.05, 0.1) is 45.7 Å². The lowest BCUT2D eigenvalue weighted by atomic mass is 9.99. The van der Waals surface area contributed by atoms with Crippen molar-refractivity contribution in [3.63, 3.8) is 0 Å². The fraction of sp³-hybridized carbons (Fsp3) is 0.653. The molecule has 0 spiro atoms. The predicted molar refractivity (Wildman–Crippen MR) is 355 cm³/mol. The van der Waals surface area contributed by atoms with Gasteiger partial charge in [-0.3, -0.25) is 9.59 Å². The molecular weight excluding hydrogens is 1070 g/mol. The largest absolute Gasteiger partial charge is 0.493 e. The van der Waals surface area contributed by atoms with Crippen molar-refractivity contribution in [2.75, 3.05) is 66.1 Å². The Bertz CT molecular complexity index is 2310. The summed E-state index contributed by atoms with van der Waals surface area (Å²) in [6.07, 6.45) is 35.9. The average Bonchev–Trinajstić information content (AvgIpc) is 1.91. The van der Waals surface area contributed by atoms with Crippen LogP contribution in [0, 0.1) is 13.8 Å². The molecule has 1 unspecified atom stereocenters. The first-order valence-electron chi connectivity index (χ1n) is 34.4. The molecule has 4 aromatic rings. The topological polar surface area (TPSA) is 134 Å². The normalized spacial score (nSPS) is 11.7. The van der Waals surface area contributed by atoms with E-state index in [1.54, 1.807) is 0 Å². The summed E-state index contributed by atoms with van der Waals surface area (Å²) in [4.78, 5) is 27.0. The molecule has 4 rings (SSSR count). The lowest BCUT2D eigenvalue weighted by molar-refractivity contribution is 0.0867. The van der Waals surface area contributed by atoms with Crippen molar-refractivity contribution >= 4 is 11.6 Å². The van der Waals surface area contributed by atoms with Crippen molar-refractivity contribution in [2.24, 2.45) is 5.73 Å². The number of ketones is 2. The number of carbonyl (C=O) groups is 2. The van der Waals surface area contributed by atoms with Crippen molar-refractivity contribution < 1.29 is 47.5 Å². The zero-order valence-corrected chi connectivity index (χ0v) is 54.9. The van der Waals surface area contributed by atoms with Crippen LogP contribution in [-0.4, -0.2) is 77.6 Å². The number of hydrogen-bond donors (Lipinski definition) is 1. The number of Topliss-reactive ketones (excluding diaryl/α,β-unsaturated/α-hetero) is 2. The fourth-order valence-electron chi connectivity index (χ4n) is 10.5. The van der Waals surface area contributed by atoms with E-state index in [0.717, 1.165) is 84.4 Å². The summed E-state index contributed by atoms with van der Waals surface area (Å²) in [5.74, 6) is 4.30. The van der Waals surface area contributed by atoms with Crippen LogP contribution in [0.1, 0.15) is 282 Å². The van der Waals surface area contributed by atoms with Gasteiger partial charge >= 0.3 is 0 Å². The maximum Gasteiger partial charge on any atom is 0.203 e. The summed E-state index contributed by atoms with van der Waals surface area (Å²) in [6.45, 7) is 18.1. The van der Waals surface area contributed by atoms with Crippen LogP contribution in [0.5, 0.6) is 34.5 Å². The smallest absolute Gasteiger partial charge is 0.203 e. The molecule has 0 saturated carbocycles. The van der Waals surface area contributed by atoms with Crippen LogP contribution < -0.4 is 34.2 Å². The van der Waals surface area contributed by atoms with Crippen LogP contribution >= 0.6 is 0 Å². The number of nitrogens with two attached hydrogens (primary N) is 1. The minimum Gasteiger partial charge on any atom is -0.493 e. The second-order valence-corrected chi connectivity index (χ2v) is 23.7. The molecule has 0 radical (unpaired) electrons. The summed E-state index contributed by atoms with van der Waals surface area (Å²) in [6, 6.07) is 23.0. The van der Waals surface area contributed by atoms with E-state index in [-0.39, 0.29) is 17.6 Å². The molecule has 0 aliphatic heterocycles. The molecule has 86 heavy (non-hydrogen) atoms. The summed E-state index contributed by atoms with van der Waals surface area (Å²) in [5.41, 5.74) is 12.1. The van der Waals surface area contributed by atoms with Gasteiger partial charge in [-0.25, -0.2) is 0 Å². The molecule has 4 aromatic carbocycles. The van der Waals surface area contributed by atoms with Gasteiger partial charge in [-0.15, -0.1) is 0 Å². The van der Waals surface area contributed by atoms with Crippen LogP contribution in [0.3, 0.4) is 0 Å². The predicted octanol–water partition coefficient (Wildman–Crippen LogP) is 20.0. The van der Waals surface area contributed by atoms with Gasteiger partial charge in [0.25, 0.3) is 0 Å². The van der Waals surface area contributed by atoms with E-state index in [1.807, 2.05) is 79.7 Å². The van der Waals surface area contributed by atoms with Gasteiger partial charge in [0, 0.05) is 37.2 Å². The molecule has 482 valence electrons. The molecule has 11 nitrogen and oxygen atoms in total. The van der Waals surface area contributed by atoms with Crippen LogP contribution in [0.4, 0.5) is 0 Å². The Labute approximate surface area is 522 Å². The number of benzene rings is 4. The maximum atomic E-state index is 13.8. The third-order valence-corrected chi connectivity index (χ3v) is 16.2. The third-order valence-electron chi connectivity index (χ3n) is 16.2. The van der Waals surface area contributed by atoms with Crippen LogP contribution in [0.2, 0.25) is 0 Å². The summed E-state index contributed by atoms with van der Waals surface area (Å²) >= 11 is 0. The number of rotatable bonds is 56. The highest BCUT2D eigenvalue weighted by Gasteiger charge is 2.20. The van der Waals surface area contributed by atoms with Gasteiger partial charge in [-0.1, -0.05) is 206 Å². The first-order chi connectivity index (χ1) is 42.2. The first-order valence-corrected chi connectivity index (χ1v) is 34.4. The summed E-state index contributed by atoms with van der Waals surface area (Å²) in [5, 5.41) is 0. The van der Waals surface area contributed by atoms with E-state index in [4.69, 9.17) is 43.6 Å². The van der Waals surface area contributed by atoms with Gasteiger partial charge in [-0.05, 0) is 123 Å². The molecule has 0 aliphatic rings. The quantitative estimate of drug-likeness (QED) is 0.0334. The fourth-order valence-corrected chi connectivity index (χ4v) is 10.5. The molecule has 11 heteroatoms. The monoisotopic (exact) mass is 1190 g/mol. The maximum absolute atomic E-state index is 13.8. The lowest BCUT2D eigenvalue weighted by Crippen LogP contribution is -2.12. The Morgan fingerprint density at radius 3 is 1.06 bits per heavy atom. The molecule has 0 aromatic heterocycles. The minimum atomic E-state index is -0.318. The Kier molecular flexibility index (Phi) is 40.9. The zero-order chi connectivity index (χ0) is 61.5. The minimum absolute atomic E-state index is 0.0369. The van der Waals surface area contributed by atoms with E-state index >= 15 is 0 Å². The molecule has 0 amide bonds. The van der Waals surface area contributed by atoms with Gasteiger partial charge in [0.2, 0.25) is 5.75 Å². The summed E-state index contributed by atoms with van der Waals surface area (Å²) in [7, 11) is 0. The van der Waals surface area contributed by atoms with E-state index < -0.39 is 0 Å². The number of aryl methyl sites for hydroxylation is 1. The van der Waals surface area contributed by atoms with Gasteiger partial charge in [0.1, 0.15) is 30.5 Å². The zero-order valence-electron chi connectivity index (χ0n) is 54.9. The Morgan fingerprint density at radius 1 is 0.349 bits per heavy atom. The molecule has 2 N–H and O–H groups in total. The van der Waals surface area contributed by atoms with Gasteiger partial charge in [0.15, 0.2) is 23.1 Å². The van der Waals surface area contributed by atoms with E-state index in [0.29, 0.717) is 120 Å². The number of hydrogen-bond acceptors (Lipinski definition) is 11. The highest BCUT2D eigenvalue weighted by atomic mass is 16.5. The molecule has 1 atom stereocenters. The Hall–Kier alpha value is -5.10.